The molecule has 0 aromatic carbocycles. The first-order valence-corrected chi connectivity index (χ1v) is 5.83. The second-order valence-electron chi connectivity index (χ2n) is 4.32. The first-order chi connectivity index (χ1) is 6.90. The summed E-state index contributed by atoms with van der Waals surface area (Å²) in [5, 5.41) is 3.50. The smallest absolute Gasteiger partial charge is 0.0831 e. The number of nitrogens with one attached hydrogen (secondary N) is 1. The van der Waals surface area contributed by atoms with Gasteiger partial charge in [-0.1, -0.05) is 6.92 Å². The maximum Gasteiger partial charge on any atom is 0.0831 e. The lowest BCUT2D eigenvalue weighted by atomic mass is 10.2. The standard InChI is InChI=1S/C11H21NO2/c1-2-12-11(9-3-4-9)8-14-10-5-6-13-7-10/h9-12H,2-8H2,1H3. The van der Waals surface area contributed by atoms with Crippen molar-refractivity contribution in [2.24, 2.45) is 5.92 Å². The summed E-state index contributed by atoms with van der Waals surface area (Å²) >= 11 is 0. The Morgan fingerprint density at radius 1 is 1.43 bits per heavy atom. The molecule has 1 saturated carbocycles. The summed E-state index contributed by atoms with van der Waals surface area (Å²) in [4.78, 5) is 0. The summed E-state index contributed by atoms with van der Waals surface area (Å²) in [5.74, 6) is 0.872. The molecule has 0 aromatic rings. The average molecular weight is 199 g/mol. The number of rotatable bonds is 6. The fourth-order valence-corrected chi connectivity index (χ4v) is 2.01. The van der Waals surface area contributed by atoms with Crippen LogP contribution in [0.5, 0.6) is 0 Å². The molecule has 0 spiro atoms. The van der Waals surface area contributed by atoms with E-state index in [9.17, 15) is 0 Å². The van der Waals surface area contributed by atoms with Gasteiger partial charge in [-0.25, -0.2) is 0 Å². The monoisotopic (exact) mass is 199 g/mol. The average Bonchev–Trinajstić information content (AvgIpc) is 2.90. The fourth-order valence-electron chi connectivity index (χ4n) is 2.01. The van der Waals surface area contributed by atoms with Crippen molar-refractivity contribution < 1.29 is 9.47 Å². The van der Waals surface area contributed by atoms with E-state index in [-0.39, 0.29) is 0 Å². The van der Waals surface area contributed by atoms with Crippen LogP contribution in [0.4, 0.5) is 0 Å². The van der Waals surface area contributed by atoms with E-state index in [2.05, 4.69) is 12.2 Å². The molecule has 2 aliphatic rings. The van der Waals surface area contributed by atoms with Gasteiger partial charge in [0.2, 0.25) is 0 Å². The third kappa shape index (κ3) is 2.94. The van der Waals surface area contributed by atoms with E-state index in [4.69, 9.17) is 9.47 Å². The highest BCUT2D eigenvalue weighted by Gasteiger charge is 2.31. The molecule has 3 nitrogen and oxygen atoms in total. The van der Waals surface area contributed by atoms with Crippen molar-refractivity contribution in [1.29, 1.82) is 0 Å². The predicted octanol–water partition coefficient (Wildman–Crippen LogP) is 1.18. The minimum atomic E-state index is 0.356. The molecule has 1 aliphatic carbocycles. The highest BCUT2D eigenvalue weighted by molar-refractivity contribution is 4.86. The minimum absolute atomic E-state index is 0.356. The molecule has 2 atom stereocenters. The van der Waals surface area contributed by atoms with Gasteiger partial charge in [-0.15, -0.1) is 0 Å². The number of ether oxygens (including phenoxy) is 2. The molecule has 0 bridgehead atoms. The lowest BCUT2D eigenvalue weighted by molar-refractivity contribution is 0.0270. The van der Waals surface area contributed by atoms with Crippen molar-refractivity contribution in [1.82, 2.24) is 5.32 Å². The number of likely N-dealkylation sites (N-methyl/N-ethyl adjacent to an activating group) is 1. The molecule has 2 rings (SSSR count). The molecule has 1 saturated heterocycles. The van der Waals surface area contributed by atoms with Crippen LogP contribution in [0.1, 0.15) is 26.2 Å². The largest absolute Gasteiger partial charge is 0.379 e. The van der Waals surface area contributed by atoms with E-state index in [1.165, 1.54) is 12.8 Å². The molecule has 0 radical (unpaired) electrons. The van der Waals surface area contributed by atoms with Crippen molar-refractivity contribution in [2.45, 2.75) is 38.3 Å². The molecule has 2 fully saturated rings. The summed E-state index contributed by atoms with van der Waals surface area (Å²) in [7, 11) is 0. The first kappa shape index (κ1) is 10.4. The normalized spacial score (nSPS) is 29.4. The lowest BCUT2D eigenvalue weighted by Gasteiger charge is -2.19. The van der Waals surface area contributed by atoms with Crippen LogP contribution in [0.25, 0.3) is 0 Å². The van der Waals surface area contributed by atoms with E-state index in [1.807, 2.05) is 0 Å². The second-order valence-corrected chi connectivity index (χ2v) is 4.32. The number of hydrogen-bond acceptors (Lipinski definition) is 3. The minimum Gasteiger partial charge on any atom is -0.379 e. The molecule has 1 aliphatic heterocycles. The van der Waals surface area contributed by atoms with E-state index < -0.39 is 0 Å². The Labute approximate surface area is 86.2 Å². The van der Waals surface area contributed by atoms with Crippen LogP contribution >= 0.6 is 0 Å². The Morgan fingerprint density at radius 3 is 2.86 bits per heavy atom. The topological polar surface area (TPSA) is 30.5 Å². The second kappa shape index (κ2) is 5.10. The van der Waals surface area contributed by atoms with Crippen LogP contribution < -0.4 is 5.32 Å². The Hall–Kier alpha value is -0.120. The predicted molar refractivity (Wildman–Crippen MR) is 55.4 cm³/mol. The van der Waals surface area contributed by atoms with Crippen molar-refractivity contribution >= 4 is 0 Å². The Morgan fingerprint density at radius 2 is 2.29 bits per heavy atom. The summed E-state index contributed by atoms with van der Waals surface area (Å²) < 4.78 is 11.1. The number of hydrogen-bond donors (Lipinski definition) is 1. The molecule has 0 amide bonds. The van der Waals surface area contributed by atoms with E-state index in [0.29, 0.717) is 12.1 Å². The fraction of sp³-hybridized carbons (Fsp3) is 1.00. The van der Waals surface area contributed by atoms with Crippen LogP contribution in [0.2, 0.25) is 0 Å². The van der Waals surface area contributed by atoms with Gasteiger partial charge < -0.3 is 14.8 Å². The molecule has 1 N–H and O–H groups in total. The quantitative estimate of drug-likeness (QED) is 0.697. The zero-order valence-electron chi connectivity index (χ0n) is 9.00. The molecule has 0 aromatic heterocycles. The lowest BCUT2D eigenvalue weighted by Crippen LogP contribution is -2.36. The van der Waals surface area contributed by atoms with E-state index >= 15 is 0 Å². The van der Waals surface area contributed by atoms with Crippen LogP contribution in [0, 0.1) is 5.92 Å². The van der Waals surface area contributed by atoms with Crippen LogP contribution in [-0.4, -0.2) is 38.5 Å². The van der Waals surface area contributed by atoms with Crippen molar-refractivity contribution in [3.05, 3.63) is 0 Å². The Balaban J connectivity index is 1.65. The molecule has 82 valence electrons. The SMILES string of the molecule is CCNC(COC1CCOC1)C1CC1. The van der Waals surface area contributed by atoms with Gasteiger partial charge >= 0.3 is 0 Å². The first-order valence-electron chi connectivity index (χ1n) is 5.83. The van der Waals surface area contributed by atoms with Gasteiger partial charge in [-0.3, -0.25) is 0 Å². The van der Waals surface area contributed by atoms with Crippen molar-refractivity contribution in [2.75, 3.05) is 26.4 Å². The van der Waals surface area contributed by atoms with Crippen molar-refractivity contribution in [3.63, 3.8) is 0 Å². The van der Waals surface area contributed by atoms with Gasteiger partial charge in [-0.2, -0.15) is 0 Å². The van der Waals surface area contributed by atoms with Gasteiger partial charge in [0, 0.05) is 12.6 Å². The summed E-state index contributed by atoms with van der Waals surface area (Å²) in [5.41, 5.74) is 0. The molecule has 1 heterocycles. The summed E-state index contributed by atoms with van der Waals surface area (Å²) in [6.07, 6.45) is 4.18. The van der Waals surface area contributed by atoms with Gasteiger partial charge in [0.1, 0.15) is 0 Å². The van der Waals surface area contributed by atoms with E-state index in [1.54, 1.807) is 0 Å². The van der Waals surface area contributed by atoms with Crippen LogP contribution in [0.15, 0.2) is 0 Å². The molecule has 2 unspecified atom stereocenters. The molecule has 14 heavy (non-hydrogen) atoms. The molecular weight excluding hydrogens is 178 g/mol. The van der Waals surface area contributed by atoms with Gasteiger partial charge in [0.25, 0.3) is 0 Å². The van der Waals surface area contributed by atoms with Gasteiger partial charge in [0.15, 0.2) is 0 Å². The third-order valence-corrected chi connectivity index (χ3v) is 3.06. The van der Waals surface area contributed by atoms with Gasteiger partial charge in [-0.05, 0) is 31.7 Å². The maximum atomic E-state index is 5.83. The highest BCUT2D eigenvalue weighted by atomic mass is 16.5. The van der Waals surface area contributed by atoms with Crippen molar-refractivity contribution in [3.8, 4) is 0 Å². The molecule has 3 heteroatoms. The van der Waals surface area contributed by atoms with Gasteiger partial charge in [0.05, 0.1) is 19.3 Å². The Kier molecular flexibility index (Phi) is 3.79. The highest BCUT2D eigenvalue weighted by Crippen LogP contribution is 2.32. The zero-order valence-corrected chi connectivity index (χ0v) is 9.00. The zero-order chi connectivity index (χ0) is 9.80. The van der Waals surface area contributed by atoms with E-state index in [0.717, 1.165) is 38.7 Å². The summed E-state index contributed by atoms with van der Waals surface area (Å²) in [6.45, 7) is 5.75. The maximum absolute atomic E-state index is 5.83. The third-order valence-electron chi connectivity index (χ3n) is 3.06. The Bertz CT molecular complexity index is 165. The van der Waals surface area contributed by atoms with Crippen LogP contribution in [0.3, 0.4) is 0 Å². The molecular formula is C11H21NO2. The summed E-state index contributed by atoms with van der Waals surface area (Å²) in [6, 6.07) is 0.584. The van der Waals surface area contributed by atoms with Crippen LogP contribution in [-0.2, 0) is 9.47 Å².